The van der Waals surface area contributed by atoms with Crippen molar-refractivity contribution in [3.05, 3.63) is 101 Å². The van der Waals surface area contributed by atoms with Gasteiger partial charge in [0.15, 0.2) is 9.84 Å². The Bertz CT molecular complexity index is 1350. The van der Waals surface area contributed by atoms with Crippen molar-refractivity contribution in [3.8, 4) is 0 Å². The van der Waals surface area contributed by atoms with Gasteiger partial charge in [-0.25, -0.2) is 8.42 Å². The fraction of sp³-hybridized carbons (Fsp3) is 0.160. The highest BCUT2D eigenvalue weighted by Crippen LogP contribution is 2.28. The quantitative estimate of drug-likeness (QED) is 0.409. The first-order valence-corrected chi connectivity index (χ1v) is 12.3. The van der Waals surface area contributed by atoms with Gasteiger partial charge in [-0.15, -0.1) is 0 Å². The molecule has 1 amide bonds. The first kappa shape index (κ1) is 22.1. The van der Waals surface area contributed by atoms with E-state index in [9.17, 15) is 13.2 Å². The molecule has 0 aliphatic carbocycles. The lowest BCUT2D eigenvalue weighted by Crippen LogP contribution is -2.29. The summed E-state index contributed by atoms with van der Waals surface area (Å²) in [6, 6.07) is 23.5. The van der Waals surface area contributed by atoms with Crippen molar-refractivity contribution < 1.29 is 13.2 Å². The first-order chi connectivity index (χ1) is 15.3. The van der Waals surface area contributed by atoms with E-state index in [1.54, 1.807) is 47.2 Å². The molecular formula is C25H23ClN2O3S. The van der Waals surface area contributed by atoms with Gasteiger partial charge in [0.25, 0.3) is 0 Å². The van der Waals surface area contributed by atoms with E-state index < -0.39 is 9.84 Å². The van der Waals surface area contributed by atoms with Gasteiger partial charge >= 0.3 is 0 Å². The number of rotatable bonds is 7. The number of nitrogens with one attached hydrogen (secondary N) is 1. The van der Waals surface area contributed by atoms with E-state index in [0.29, 0.717) is 21.5 Å². The molecule has 0 aliphatic heterocycles. The summed E-state index contributed by atoms with van der Waals surface area (Å²) in [5, 5.41) is 4.14. The summed E-state index contributed by atoms with van der Waals surface area (Å²) in [4.78, 5) is 12.9. The summed E-state index contributed by atoms with van der Waals surface area (Å²) >= 11 is 5.91. The summed E-state index contributed by atoms with van der Waals surface area (Å²) in [7, 11) is -3.63. The summed E-state index contributed by atoms with van der Waals surface area (Å²) in [6.07, 6.45) is 1.56. The van der Waals surface area contributed by atoms with Crippen LogP contribution in [0.15, 0.2) is 90.0 Å². The second-order valence-electron chi connectivity index (χ2n) is 7.72. The van der Waals surface area contributed by atoms with Crippen molar-refractivity contribution in [2.45, 2.75) is 30.2 Å². The molecule has 3 aromatic carbocycles. The number of aromatic nitrogens is 1. The Kier molecular flexibility index (Phi) is 6.35. The topological polar surface area (TPSA) is 68.2 Å². The van der Waals surface area contributed by atoms with E-state index >= 15 is 0 Å². The van der Waals surface area contributed by atoms with E-state index in [-0.39, 0.29) is 29.1 Å². The fourth-order valence-corrected chi connectivity index (χ4v) is 5.44. The smallest absolute Gasteiger partial charge is 0.240 e. The number of amides is 1. The minimum Gasteiger partial charge on any atom is -0.348 e. The van der Waals surface area contributed by atoms with Crippen molar-refractivity contribution in [2.24, 2.45) is 0 Å². The lowest BCUT2D eigenvalue weighted by atomic mass is 10.1. The van der Waals surface area contributed by atoms with Crippen molar-refractivity contribution >= 4 is 38.2 Å². The fourth-order valence-electron chi connectivity index (χ4n) is 3.74. The average molecular weight is 467 g/mol. The highest BCUT2D eigenvalue weighted by molar-refractivity contribution is 7.90. The zero-order chi connectivity index (χ0) is 22.7. The number of halogens is 1. The predicted octanol–water partition coefficient (Wildman–Crippen LogP) is 5.15. The minimum atomic E-state index is -3.63. The third kappa shape index (κ3) is 4.87. The standard InChI is InChI=1S/C25H23ClN2O3S/c1-18(20-7-3-2-4-8-20)27-25(29)16-28-15-24(22-9-5-6-10-23(22)28)32(30,31)17-19-11-13-21(26)14-12-19/h2-15,18H,16-17H2,1H3,(H,27,29). The molecule has 0 bridgehead atoms. The van der Waals surface area contributed by atoms with Crippen LogP contribution in [-0.4, -0.2) is 18.9 Å². The molecule has 164 valence electrons. The van der Waals surface area contributed by atoms with Gasteiger partial charge in [-0.05, 0) is 36.2 Å². The van der Waals surface area contributed by atoms with Crippen molar-refractivity contribution in [1.82, 2.24) is 9.88 Å². The molecule has 0 spiro atoms. The number of fused-ring (bicyclic) bond motifs is 1. The van der Waals surface area contributed by atoms with Gasteiger partial charge in [0.1, 0.15) is 6.54 Å². The van der Waals surface area contributed by atoms with Gasteiger partial charge in [-0.3, -0.25) is 4.79 Å². The molecule has 0 saturated carbocycles. The van der Waals surface area contributed by atoms with Crippen molar-refractivity contribution in [3.63, 3.8) is 0 Å². The molecule has 1 heterocycles. The molecule has 1 unspecified atom stereocenters. The Morgan fingerprint density at radius 2 is 1.62 bits per heavy atom. The molecule has 0 radical (unpaired) electrons. The predicted molar refractivity (Wildman–Crippen MR) is 127 cm³/mol. The average Bonchev–Trinajstić information content (AvgIpc) is 3.15. The number of carbonyl (C=O) groups is 1. The number of carbonyl (C=O) groups excluding carboxylic acids is 1. The Balaban J connectivity index is 1.60. The monoisotopic (exact) mass is 466 g/mol. The number of sulfone groups is 1. The van der Waals surface area contributed by atoms with E-state index in [2.05, 4.69) is 5.32 Å². The Labute approximate surface area is 192 Å². The summed E-state index contributed by atoms with van der Waals surface area (Å²) in [5.74, 6) is -0.334. The highest BCUT2D eigenvalue weighted by atomic mass is 35.5. The second-order valence-corrected chi connectivity index (χ2v) is 10.1. The van der Waals surface area contributed by atoms with Crippen LogP contribution in [0, 0.1) is 0 Å². The van der Waals surface area contributed by atoms with Crippen molar-refractivity contribution in [1.29, 1.82) is 0 Å². The Morgan fingerprint density at radius 1 is 0.969 bits per heavy atom. The molecule has 4 aromatic rings. The largest absolute Gasteiger partial charge is 0.348 e. The highest BCUT2D eigenvalue weighted by Gasteiger charge is 2.22. The second kappa shape index (κ2) is 9.18. The number of benzene rings is 3. The molecule has 7 heteroatoms. The lowest BCUT2D eigenvalue weighted by molar-refractivity contribution is -0.122. The van der Waals surface area contributed by atoms with Gasteiger partial charge in [-0.2, -0.15) is 0 Å². The van der Waals surface area contributed by atoms with Crippen LogP contribution in [0.5, 0.6) is 0 Å². The van der Waals surface area contributed by atoms with Gasteiger partial charge in [0.2, 0.25) is 5.91 Å². The van der Waals surface area contributed by atoms with Crippen LogP contribution in [0.1, 0.15) is 24.1 Å². The van der Waals surface area contributed by atoms with Crippen LogP contribution in [-0.2, 0) is 26.9 Å². The lowest BCUT2D eigenvalue weighted by Gasteiger charge is -2.15. The van der Waals surface area contributed by atoms with Gasteiger partial charge in [0.05, 0.1) is 16.7 Å². The SMILES string of the molecule is CC(NC(=O)Cn1cc(S(=O)(=O)Cc2ccc(Cl)cc2)c2ccccc21)c1ccccc1. The number of hydrogen-bond acceptors (Lipinski definition) is 3. The zero-order valence-electron chi connectivity index (χ0n) is 17.5. The number of nitrogens with zero attached hydrogens (tertiary/aromatic N) is 1. The number of hydrogen-bond donors (Lipinski definition) is 1. The maximum Gasteiger partial charge on any atom is 0.240 e. The van der Waals surface area contributed by atoms with Crippen LogP contribution < -0.4 is 5.32 Å². The van der Waals surface area contributed by atoms with E-state index in [1.807, 2.05) is 49.4 Å². The molecule has 5 nitrogen and oxygen atoms in total. The molecular weight excluding hydrogens is 444 g/mol. The first-order valence-electron chi connectivity index (χ1n) is 10.2. The van der Waals surface area contributed by atoms with Crippen LogP contribution in [0.2, 0.25) is 5.02 Å². The van der Waals surface area contributed by atoms with Crippen LogP contribution >= 0.6 is 11.6 Å². The molecule has 1 aromatic heterocycles. The Hall–Kier alpha value is -3.09. The van der Waals surface area contributed by atoms with Crippen LogP contribution in [0.3, 0.4) is 0 Å². The van der Waals surface area contributed by atoms with E-state index in [0.717, 1.165) is 5.56 Å². The third-order valence-electron chi connectivity index (χ3n) is 5.35. The number of para-hydroxylation sites is 1. The van der Waals surface area contributed by atoms with Gasteiger partial charge in [-0.1, -0.05) is 72.3 Å². The van der Waals surface area contributed by atoms with Gasteiger partial charge < -0.3 is 9.88 Å². The van der Waals surface area contributed by atoms with E-state index in [4.69, 9.17) is 11.6 Å². The van der Waals surface area contributed by atoms with Crippen molar-refractivity contribution in [2.75, 3.05) is 0 Å². The van der Waals surface area contributed by atoms with E-state index in [1.165, 1.54) is 0 Å². The Morgan fingerprint density at radius 3 is 2.34 bits per heavy atom. The molecule has 0 aliphatic rings. The summed E-state index contributed by atoms with van der Waals surface area (Å²) in [6.45, 7) is 1.94. The normalized spacial score (nSPS) is 12.6. The molecule has 32 heavy (non-hydrogen) atoms. The molecule has 4 rings (SSSR count). The molecule has 1 N–H and O–H groups in total. The molecule has 0 fully saturated rings. The van der Waals surface area contributed by atoms with Crippen LogP contribution in [0.4, 0.5) is 0 Å². The summed E-state index contributed by atoms with van der Waals surface area (Å²) < 4.78 is 28.1. The maximum absolute atomic E-state index is 13.2. The van der Waals surface area contributed by atoms with Gasteiger partial charge in [0, 0.05) is 22.1 Å². The minimum absolute atomic E-state index is 0.0220. The molecule has 0 saturated heterocycles. The third-order valence-corrected chi connectivity index (χ3v) is 7.31. The summed E-state index contributed by atoms with van der Waals surface area (Å²) in [5.41, 5.74) is 2.36. The zero-order valence-corrected chi connectivity index (χ0v) is 19.1. The van der Waals surface area contributed by atoms with Crippen LogP contribution in [0.25, 0.3) is 10.9 Å². The molecule has 1 atom stereocenters. The maximum atomic E-state index is 13.2.